The second-order valence-corrected chi connectivity index (χ2v) is 5.00. The van der Waals surface area contributed by atoms with E-state index in [9.17, 15) is 4.39 Å². The summed E-state index contributed by atoms with van der Waals surface area (Å²) in [6.45, 7) is 1.89. The summed E-state index contributed by atoms with van der Waals surface area (Å²) in [4.78, 5) is 4.38. The number of nitrogen functional groups attached to an aromatic ring is 1. The van der Waals surface area contributed by atoms with E-state index >= 15 is 0 Å². The van der Waals surface area contributed by atoms with Crippen molar-refractivity contribution in [3.05, 3.63) is 34.9 Å². The number of benzene rings is 1. The quantitative estimate of drug-likeness (QED) is 0.902. The number of hydrogen-bond donors (Lipinski definition) is 1. The number of aryl methyl sites for hydroxylation is 1. The molecule has 1 fully saturated rings. The highest BCUT2D eigenvalue weighted by atomic mass is 35.5. The third-order valence-corrected chi connectivity index (χ3v) is 3.54. The monoisotopic (exact) mass is 265 g/mol. The molecule has 0 radical (unpaired) electrons. The zero-order chi connectivity index (χ0) is 12.9. The Labute approximate surface area is 109 Å². The largest absolute Gasteiger partial charge is 0.383 e. The molecule has 3 rings (SSSR count). The van der Waals surface area contributed by atoms with Gasteiger partial charge in [0.15, 0.2) is 5.82 Å². The molecule has 18 heavy (non-hydrogen) atoms. The lowest BCUT2D eigenvalue weighted by molar-refractivity contribution is 0.631. The molecule has 0 amide bonds. The van der Waals surface area contributed by atoms with Crippen molar-refractivity contribution < 1.29 is 4.39 Å². The lowest BCUT2D eigenvalue weighted by Gasteiger charge is -2.06. The van der Waals surface area contributed by atoms with Gasteiger partial charge < -0.3 is 10.3 Å². The van der Waals surface area contributed by atoms with Crippen molar-refractivity contribution in [3.8, 4) is 11.3 Å². The Balaban J connectivity index is 2.17. The van der Waals surface area contributed by atoms with Crippen molar-refractivity contribution in [3.63, 3.8) is 0 Å². The smallest absolute Gasteiger partial charge is 0.151 e. The van der Waals surface area contributed by atoms with Crippen LogP contribution in [0.4, 0.5) is 10.2 Å². The predicted molar refractivity (Wildman–Crippen MR) is 70.1 cm³/mol. The number of aromatic nitrogens is 2. The topological polar surface area (TPSA) is 43.8 Å². The van der Waals surface area contributed by atoms with Crippen LogP contribution in [0.3, 0.4) is 0 Å². The number of hydrogen-bond acceptors (Lipinski definition) is 2. The van der Waals surface area contributed by atoms with E-state index in [1.54, 1.807) is 12.1 Å². The first kappa shape index (κ1) is 11.5. The molecule has 2 N–H and O–H groups in total. The molecule has 1 aliphatic carbocycles. The van der Waals surface area contributed by atoms with E-state index in [4.69, 9.17) is 17.3 Å². The maximum atomic E-state index is 14.0. The van der Waals surface area contributed by atoms with Gasteiger partial charge in [0.2, 0.25) is 0 Å². The van der Waals surface area contributed by atoms with E-state index < -0.39 is 5.82 Å². The Kier molecular flexibility index (Phi) is 2.55. The van der Waals surface area contributed by atoms with Crippen molar-refractivity contribution in [2.75, 3.05) is 5.73 Å². The predicted octanol–water partition coefficient (Wildman–Crippen LogP) is 3.57. The molecule has 0 atom stereocenters. The summed E-state index contributed by atoms with van der Waals surface area (Å²) in [5, 5.41) is 0.0884. The highest BCUT2D eigenvalue weighted by Crippen LogP contribution is 2.41. The van der Waals surface area contributed by atoms with Crippen LogP contribution >= 0.6 is 11.6 Å². The van der Waals surface area contributed by atoms with Gasteiger partial charge in [0.05, 0.1) is 5.02 Å². The molecular weight excluding hydrogens is 253 g/mol. The van der Waals surface area contributed by atoms with E-state index in [-0.39, 0.29) is 5.02 Å². The zero-order valence-electron chi connectivity index (χ0n) is 9.95. The van der Waals surface area contributed by atoms with Gasteiger partial charge in [-0.15, -0.1) is 0 Å². The maximum absolute atomic E-state index is 14.0. The van der Waals surface area contributed by atoms with Gasteiger partial charge in [-0.05, 0) is 31.9 Å². The van der Waals surface area contributed by atoms with Crippen molar-refractivity contribution in [1.29, 1.82) is 0 Å². The zero-order valence-corrected chi connectivity index (χ0v) is 10.7. The Morgan fingerprint density at radius 3 is 2.83 bits per heavy atom. The number of anilines is 1. The Hall–Kier alpha value is -1.55. The summed E-state index contributed by atoms with van der Waals surface area (Å²) < 4.78 is 16.0. The van der Waals surface area contributed by atoms with Gasteiger partial charge in [-0.3, -0.25) is 0 Å². The lowest BCUT2D eigenvalue weighted by Crippen LogP contribution is -2.02. The summed E-state index contributed by atoms with van der Waals surface area (Å²) in [5.74, 6) is 0.881. The van der Waals surface area contributed by atoms with E-state index in [1.807, 2.05) is 11.5 Å². The van der Waals surface area contributed by atoms with E-state index in [0.717, 1.165) is 18.7 Å². The molecule has 94 valence electrons. The van der Waals surface area contributed by atoms with Gasteiger partial charge in [-0.1, -0.05) is 17.7 Å². The Morgan fingerprint density at radius 1 is 1.44 bits per heavy atom. The average Bonchev–Trinajstić information content (AvgIpc) is 3.10. The third-order valence-electron chi connectivity index (χ3n) is 3.24. The average molecular weight is 266 g/mol. The van der Waals surface area contributed by atoms with Crippen molar-refractivity contribution >= 4 is 17.4 Å². The van der Waals surface area contributed by atoms with Gasteiger partial charge in [0, 0.05) is 11.6 Å². The fraction of sp³-hybridized carbons (Fsp3) is 0.308. The molecule has 1 aliphatic rings. The van der Waals surface area contributed by atoms with Crippen LogP contribution in [0, 0.1) is 12.7 Å². The van der Waals surface area contributed by atoms with Crippen LogP contribution in [0.2, 0.25) is 5.02 Å². The molecule has 2 aromatic rings. The minimum absolute atomic E-state index is 0.0884. The van der Waals surface area contributed by atoms with Crippen LogP contribution in [0.1, 0.15) is 24.7 Å². The highest BCUT2D eigenvalue weighted by Gasteiger charge is 2.29. The second-order valence-electron chi connectivity index (χ2n) is 4.60. The molecule has 1 aromatic heterocycles. The van der Waals surface area contributed by atoms with E-state index in [2.05, 4.69) is 4.98 Å². The van der Waals surface area contributed by atoms with Crippen LogP contribution in [0.25, 0.3) is 11.3 Å². The number of nitrogens with two attached hydrogens (primary N) is 1. The summed E-state index contributed by atoms with van der Waals surface area (Å²) >= 11 is 5.79. The molecule has 0 spiro atoms. The summed E-state index contributed by atoms with van der Waals surface area (Å²) in [6.07, 6.45) is 2.22. The highest BCUT2D eigenvalue weighted by molar-refractivity contribution is 6.31. The van der Waals surface area contributed by atoms with Crippen LogP contribution < -0.4 is 5.73 Å². The van der Waals surface area contributed by atoms with Crippen LogP contribution in [0.15, 0.2) is 18.2 Å². The molecule has 3 nitrogen and oxygen atoms in total. The maximum Gasteiger partial charge on any atom is 0.151 e. The fourth-order valence-corrected chi connectivity index (χ4v) is 2.41. The minimum Gasteiger partial charge on any atom is -0.383 e. The first-order valence-corrected chi connectivity index (χ1v) is 6.26. The van der Waals surface area contributed by atoms with Gasteiger partial charge in [0.25, 0.3) is 0 Å². The van der Waals surface area contributed by atoms with Gasteiger partial charge in [-0.2, -0.15) is 0 Å². The second kappa shape index (κ2) is 3.99. The molecular formula is C13H13ClFN3. The number of nitrogens with zero attached hydrogens (tertiary/aromatic N) is 2. The number of imidazole rings is 1. The molecule has 0 saturated heterocycles. The Bertz CT molecular complexity index is 617. The number of halogens is 2. The normalized spacial score (nSPS) is 15.1. The van der Waals surface area contributed by atoms with Crippen LogP contribution in [-0.2, 0) is 0 Å². The van der Waals surface area contributed by atoms with Gasteiger partial charge in [-0.25, -0.2) is 9.37 Å². The van der Waals surface area contributed by atoms with Crippen molar-refractivity contribution in [1.82, 2.24) is 9.55 Å². The summed E-state index contributed by atoms with van der Waals surface area (Å²) in [6, 6.07) is 5.29. The molecule has 0 aliphatic heterocycles. The van der Waals surface area contributed by atoms with E-state index in [1.165, 1.54) is 6.07 Å². The Morgan fingerprint density at radius 2 is 2.17 bits per heavy atom. The van der Waals surface area contributed by atoms with Gasteiger partial charge >= 0.3 is 0 Å². The first-order valence-electron chi connectivity index (χ1n) is 5.88. The molecule has 1 heterocycles. The standard InChI is InChI=1S/C13H13ClFN3/c1-7-17-12(13(16)18(7)8-5-6-8)9-3-2-4-10(14)11(9)15/h2-4,8H,5-6,16H2,1H3. The fourth-order valence-electron chi connectivity index (χ4n) is 2.24. The molecule has 1 saturated carbocycles. The van der Waals surface area contributed by atoms with Crippen LogP contribution in [-0.4, -0.2) is 9.55 Å². The van der Waals surface area contributed by atoms with Crippen molar-refractivity contribution in [2.24, 2.45) is 0 Å². The first-order chi connectivity index (χ1) is 8.59. The third kappa shape index (κ3) is 1.68. The summed E-state index contributed by atoms with van der Waals surface area (Å²) in [5.41, 5.74) is 6.94. The summed E-state index contributed by atoms with van der Waals surface area (Å²) in [7, 11) is 0. The molecule has 0 unspecified atom stereocenters. The lowest BCUT2D eigenvalue weighted by atomic mass is 10.1. The van der Waals surface area contributed by atoms with E-state index in [0.29, 0.717) is 23.1 Å². The van der Waals surface area contributed by atoms with Gasteiger partial charge in [0.1, 0.15) is 17.3 Å². The molecule has 5 heteroatoms. The number of rotatable bonds is 2. The molecule has 1 aromatic carbocycles. The van der Waals surface area contributed by atoms with Crippen LogP contribution in [0.5, 0.6) is 0 Å². The molecule has 0 bridgehead atoms. The SMILES string of the molecule is Cc1nc(-c2cccc(Cl)c2F)c(N)n1C1CC1. The minimum atomic E-state index is -0.466. The van der Waals surface area contributed by atoms with Crippen molar-refractivity contribution in [2.45, 2.75) is 25.8 Å².